The van der Waals surface area contributed by atoms with Crippen LogP contribution in [0.15, 0.2) is 18.2 Å². The van der Waals surface area contributed by atoms with Gasteiger partial charge in [0.25, 0.3) is 5.91 Å². The van der Waals surface area contributed by atoms with Crippen molar-refractivity contribution >= 4 is 17.6 Å². The number of benzene rings is 1. The number of hydrogen-bond acceptors (Lipinski definition) is 6. The molecular formula is C15H18N2O6. The van der Waals surface area contributed by atoms with E-state index in [1.165, 1.54) is 26.2 Å². The Morgan fingerprint density at radius 1 is 1.30 bits per heavy atom. The topological polar surface area (TPSA) is 99.0 Å². The minimum Gasteiger partial charge on any atom is -0.490 e. The highest BCUT2D eigenvalue weighted by atomic mass is 16.6. The summed E-state index contributed by atoms with van der Waals surface area (Å²) in [5.74, 6) is -0.984. The Labute approximate surface area is 133 Å². The fourth-order valence-corrected chi connectivity index (χ4v) is 2.43. The predicted octanol–water partition coefficient (Wildman–Crippen LogP) is 1.77. The van der Waals surface area contributed by atoms with Crippen LogP contribution in [0.5, 0.6) is 5.75 Å². The first kappa shape index (κ1) is 16.7. The van der Waals surface area contributed by atoms with Crippen LogP contribution < -0.4 is 4.74 Å². The smallest absolute Gasteiger partial charge is 0.339 e. The third-order valence-electron chi connectivity index (χ3n) is 3.66. The molecule has 1 amide bonds. The molecule has 1 fully saturated rings. The average molecular weight is 322 g/mol. The van der Waals surface area contributed by atoms with Crippen LogP contribution in [0.4, 0.5) is 5.69 Å². The molecule has 8 heteroatoms. The number of nitrogens with zero attached hydrogens (tertiary/aromatic N) is 2. The van der Waals surface area contributed by atoms with Gasteiger partial charge in [0.1, 0.15) is 0 Å². The predicted molar refractivity (Wildman–Crippen MR) is 80.3 cm³/mol. The maximum atomic E-state index is 12.1. The van der Waals surface area contributed by atoms with Gasteiger partial charge in [-0.3, -0.25) is 14.9 Å². The highest BCUT2D eigenvalue weighted by Crippen LogP contribution is 2.28. The van der Waals surface area contributed by atoms with Crippen LogP contribution in [0.3, 0.4) is 0 Å². The van der Waals surface area contributed by atoms with Crippen LogP contribution in [-0.4, -0.2) is 48.0 Å². The van der Waals surface area contributed by atoms with E-state index >= 15 is 0 Å². The highest BCUT2D eigenvalue weighted by molar-refractivity contribution is 5.93. The number of nitro benzene ring substituents is 1. The summed E-state index contributed by atoms with van der Waals surface area (Å²) in [6.45, 7) is 2.82. The molecule has 1 atom stereocenters. The number of amides is 1. The Hall–Kier alpha value is -2.64. The van der Waals surface area contributed by atoms with Crippen molar-refractivity contribution in [1.82, 2.24) is 4.90 Å². The number of rotatable bonds is 5. The molecule has 1 aliphatic rings. The van der Waals surface area contributed by atoms with E-state index in [1.54, 1.807) is 4.90 Å². The number of nitro groups is 1. The number of carbonyl (C=O) groups is 2. The van der Waals surface area contributed by atoms with Gasteiger partial charge in [-0.05, 0) is 31.9 Å². The molecule has 0 aromatic heterocycles. The summed E-state index contributed by atoms with van der Waals surface area (Å²) in [6, 6.07) is 3.76. The van der Waals surface area contributed by atoms with E-state index in [1.807, 2.05) is 0 Å². The number of carbonyl (C=O) groups excluding carboxylic acids is 2. The third-order valence-corrected chi connectivity index (χ3v) is 3.66. The number of likely N-dealkylation sites (tertiary alicyclic amines) is 1. The van der Waals surface area contributed by atoms with Crippen LogP contribution in [0.2, 0.25) is 0 Å². The van der Waals surface area contributed by atoms with Gasteiger partial charge in [-0.2, -0.15) is 0 Å². The van der Waals surface area contributed by atoms with Crippen LogP contribution >= 0.6 is 0 Å². The molecule has 0 N–H and O–H groups in total. The number of esters is 1. The lowest BCUT2D eigenvalue weighted by Gasteiger charge is -2.20. The highest BCUT2D eigenvalue weighted by Gasteiger charge is 2.27. The monoisotopic (exact) mass is 322 g/mol. The van der Waals surface area contributed by atoms with Crippen LogP contribution in [-0.2, 0) is 9.53 Å². The van der Waals surface area contributed by atoms with E-state index in [9.17, 15) is 19.7 Å². The fraction of sp³-hybridized carbons (Fsp3) is 0.467. The van der Waals surface area contributed by atoms with E-state index in [2.05, 4.69) is 0 Å². The zero-order valence-corrected chi connectivity index (χ0v) is 13.0. The molecule has 0 spiro atoms. The zero-order valence-electron chi connectivity index (χ0n) is 13.0. The second-order valence-corrected chi connectivity index (χ2v) is 5.22. The first-order valence-corrected chi connectivity index (χ1v) is 7.26. The molecule has 0 aliphatic carbocycles. The number of hydrogen-bond donors (Lipinski definition) is 0. The molecule has 1 saturated heterocycles. The van der Waals surface area contributed by atoms with Crippen molar-refractivity contribution in [3.63, 3.8) is 0 Å². The minimum atomic E-state index is -0.929. The van der Waals surface area contributed by atoms with Crippen LogP contribution in [0.25, 0.3) is 0 Å². The maximum Gasteiger partial charge on any atom is 0.339 e. The molecule has 124 valence electrons. The van der Waals surface area contributed by atoms with Gasteiger partial charge in [-0.25, -0.2) is 4.79 Å². The van der Waals surface area contributed by atoms with Gasteiger partial charge in [0.2, 0.25) is 0 Å². The Bertz CT molecular complexity index is 624. The van der Waals surface area contributed by atoms with E-state index in [-0.39, 0.29) is 22.9 Å². The normalized spacial score (nSPS) is 15.1. The summed E-state index contributed by atoms with van der Waals surface area (Å²) >= 11 is 0. The average Bonchev–Trinajstić information content (AvgIpc) is 3.07. The summed E-state index contributed by atoms with van der Waals surface area (Å²) in [5, 5.41) is 11.0. The van der Waals surface area contributed by atoms with Gasteiger partial charge in [-0.1, -0.05) is 0 Å². The van der Waals surface area contributed by atoms with Crippen molar-refractivity contribution in [2.24, 2.45) is 0 Å². The van der Waals surface area contributed by atoms with E-state index < -0.39 is 17.0 Å². The van der Waals surface area contributed by atoms with Gasteiger partial charge in [0.05, 0.1) is 17.6 Å². The number of ether oxygens (including phenoxy) is 2. The van der Waals surface area contributed by atoms with Crippen molar-refractivity contribution in [2.45, 2.75) is 25.9 Å². The van der Waals surface area contributed by atoms with E-state index in [4.69, 9.17) is 9.47 Å². The second-order valence-electron chi connectivity index (χ2n) is 5.22. The van der Waals surface area contributed by atoms with E-state index in [0.717, 1.165) is 18.9 Å². The molecule has 0 radical (unpaired) electrons. The van der Waals surface area contributed by atoms with Gasteiger partial charge >= 0.3 is 11.7 Å². The Balaban J connectivity index is 2.09. The quantitative estimate of drug-likeness (QED) is 0.465. The summed E-state index contributed by atoms with van der Waals surface area (Å²) in [5.41, 5.74) is -0.334. The second kappa shape index (κ2) is 7.08. The summed E-state index contributed by atoms with van der Waals surface area (Å²) < 4.78 is 10.00. The Morgan fingerprint density at radius 3 is 2.52 bits per heavy atom. The summed E-state index contributed by atoms with van der Waals surface area (Å²) in [7, 11) is 1.30. The molecule has 0 bridgehead atoms. The van der Waals surface area contributed by atoms with Crippen LogP contribution in [0, 0.1) is 10.1 Å². The lowest BCUT2D eigenvalue weighted by atomic mass is 10.2. The number of methoxy groups -OCH3 is 1. The molecule has 0 saturated carbocycles. The SMILES string of the molecule is COc1ccc(C(=O)O[C@H](C)C(=O)N2CCCC2)cc1[N+](=O)[O-]. The standard InChI is InChI=1S/C15H18N2O6/c1-10(14(18)16-7-3-4-8-16)23-15(19)11-5-6-13(22-2)12(9-11)17(20)21/h5-6,9-10H,3-4,7-8H2,1-2H3/t10-/m1/s1. The zero-order chi connectivity index (χ0) is 17.0. The lowest BCUT2D eigenvalue weighted by Crippen LogP contribution is -2.38. The third kappa shape index (κ3) is 3.77. The largest absolute Gasteiger partial charge is 0.490 e. The van der Waals surface area contributed by atoms with Crippen molar-refractivity contribution in [3.05, 3.63) is 33.9 Å². The molecule has 1 aliphatic heterocycles. The van der Waals surface area contributed by atoms with Gasteiger partial charge in [0.15, 0.2) is 11.9 Å². The van der Waals surface area contributed by atoms with Gasteiger partial charge in [0, 0.05) is 19.2 Å². The molecule has 1 heterocycles. The van der Waals surface area contributed by atoms with Crippen molar-refractivity contribution in [3.8, 4) is 5.75 Å². The van der Waals surface area contributed by atoms with Gasteiger partial charge < -0.3 is 14.4 Å². The molecule has 0 unspecified atom stereocenters. The van der Waals surface area contributed by atoms with E-state index in [0.29, 0.717) is 13.1 Å². The molecule has 1 aromatic rings. The Kier molecular flexibility index (Phi) is 5.15. The molecule has 2 rings (SSSR count). The minimum absolute atomic E-state index is 0.00132. The molecule has 8 nitrogen and oxygen atoms in total. The Morgan fingerprint density at radius 2 is 1.96 bits per heavy atom. The molecule has 1 aromatic carbocycles. The van der Waals surface area contributed by atoms with Crippen molar-refractivity contribution < 1.29 is 24.0 Å². The van der Waals surface area contributed by atoms with Crippen molar-refractivity contribution in [1.29, 1.82) is 0 Å². The lowest BCUT2D eigenvalue weighted by molar-refractivity contribution is -0.385. The summed E-state index contributed by atoms with van der Waals surface area (Å²) in [6.07, 6.45) is 0.954. The molecular weight excluding hydrogens is 304 g/mol. The summed E-state index contributed by atoms with van der Waals surface area (Å²) in [4.78, 5) is 36.2. The molecule has 23 heavy (non-hydrogen) atoms. The maximum absolute atomic E-state index is 12.1. The first-order valence-electron chi connectivity index (χ1n) is 7.26. The first-order chi connectivity index (χ1) is 10.9. The van der Waals surface area contributed by atoms with Crippen LogP contribution in [0.1, 0.15) is 30.1 Å². The van der Waals surface area contributed by atoms with Gasteiger partial charge in [-0.15, -0.1) is 0 Å². The van der Waals surface area contributed by atoms with Crippen molar-refractivity contribution in [2.75, 3.05) is 20.2 Å². The fourth-order valence-electron chi connectivity index (χ4n) is 2.43.